The fraction of sp³-hybridized carbons (Fsp3) is 0.455. The molecule has 2 aliphatic rings. The predicted molar refractivity (Wildman–Crippen MR) is 116 cm³/mol. The number of rotatable bonds is 7. The Morgan fingerprint density at radius 2 is 1.97 bits per heavy atom. The van der Waals surface area contributed by atoms with Gasteiger partial charge in [-0.15, -0.1) is 0 Å². The summed E-state index contributed by atoms with van der Waals surface area (Å²) in [6.07, 6.45) is 0.324. The molecular weight excluding hydrogens is 478 g/mol. The van der Waals surface area contributed by atoms with Crippen LogP contribution in [0.15, 0.2) is 30.5 Å². The van der Waals surface area contributed by atoms with E-state index < -0.39 is 33.5 Å². The van der Waals surface area contributed by atoms with Crippen LogP contribution in [0.2, 0.25) is 0 Å². The smallest absolute Gasteiger partial charge is 0.417 e. The molecule has 1 saturated carbocycles. The number of hydrogen-bond donors (Lipinski definition) is 1. The van der Waals surface area contributed by atoms with E-state index in [4.69, 9.17) is 4.74 Å². The zero-order chi connectivity index (χ0) is 24.7. The van der Waals surface area contributed by atoms with Crippen molar-refractivity contribution in [3.63, 3.8) is 0 Å². The van der Waals surface area contributed by atoms with Gasteiger partial charge in [-0.2, -0.15) is 13.2 Å². The first-order valence-corrected chi connectivity index (χ1v) is 12.6. The summed E-state index contributed by atoms with van der Waals surface area (Å²) in [6.45, 7) is 0.748. The first-order valence-electron chi connectivity index (χ1n) is 10.7. The highest BCUT2D eigenvalue weighted by atomic mass is 32.2. The maximum atomic E-state index is 14.7. The average Bonchev–Trinajstić information content (AvgIpc) is 3.47. The minimum absolute atomic E-state index is 0.0802. The van der Waals surface area contributed by atoms with Crippen molar-refractivity contribution in [1.29, 1.82) is 0 Å². The Kier molecular flexibility index (Phi) is 6.45. The molecule has 2 aromatic rings. The van der Waals surface area contributed by atoms with Crippen LogP contribution >= 0.6 is 0 Å². The van der Waals surface area contributed by atoms with Gasteiger partial charge in [-0.25, -0.2) is 22.5 Å². The van der Waals surface area contributed by atoms with Gasteiger partial charge in [0.25, 0.3) is 5.91 Å². The summed E-state index contributed by atoms with van der Waals surface area (Å²) in [5, 5.41) is 0. The topological polar surface area (TPSA) is 88.6 Å². The van der Waals surface area contributed by atoms with Crippen LogP contribution < -0.4 is 14.4 Å². The van der Waals surface area contributed by atoms with Crippen LogP contribution in [0.5, 0.6) is 5.75 Å². The van der Waals surface area contributed by atoms with Crippen LogP contribution in [0, 0.1) is 5.82 Å². The highest BCUT2D eigenvalue weighted by Gasteiger charge is 2.33. The minimum Gasteiger partial charge on any atom is -0.491 e. The fourth-order valence-corrected chi connectivity index (χ4v) is 4.47. The average molecular weight is 502 g/mol. The van der Waals surface area contributed by atoms with Crippen molar-refractivity contribution in [1.82, 2.24) is 9.71 Å². The van der Waals surface area contributed by atoms with E-state index in [1.165, 1.54) is 12.1 Å². The van der Waals surface area contributed by atoms with Gasteiger partial charge < -0.3 is 9.64 Å². The molecule has 0 bridgehead atoms. The highest BCUT2D eigenvalue weighted by molar-refractivity contribution is 7.89. The lowest BCUT2D eigenvalue weighted by Gasteiger charge is -2.26. The lowest BCUT2D eigenvalue weighted by molar-refractivity contribution is -0.137. The molecule has 0 radical (unpaired) electrons. The molecule has 12 heteroatoms. The first kappa shape index (κ1) is 24.2. The number of carbonyl (C=O) groups excluding carboxylic acids is 1. The highest BCUT2D eigenvalue weighted by Crippen LogP contribution is 2.45. The largest absolute Gasteiger partial charge is 0.491 e. The Morgan fingerprint density at radius 1 is 1.24 bits per heavy atom. The van der Waals surface area contributed by atoms with Crippen molar-refractivity contribution in [2.75, 3.05) is 24.3 Å². The van der Waals surface area contributed by atoms with Crippen LogP contribution in [0.3, 0.4) is 0 Å². The molecule has 1 saturated heterocycles. The lowest BCUT2D eigenvalue weighted by Crippen LogP contribution is -2.35. The van der Waals surface area contributed by atoms with Crippen molar-refractivity contribution >= 4 is 21.7 Å². The maximum absolute atomic E-state index is 14.7. The number of hydrogen-bond acceptors (Lipinski definition) is 6. The Hall–Kier alpha value is -2.89. The molecule has 34 heavy (non-hydrogen) atoms. The molecule has 1 aliphatic heterocycles. The third kappa shape index (κ3) is 5.60. The number of alkyl halides is 3. The molecule has 0 unspecified atom stereocenters. The van der Waals surface area contributed by atoms with E-state index in [9.17, 15) is 30.8 Å². The van der Waals surface area contributed by atoms with Crippen LogP contribution in [-0.2, 0) is 16.2 Å². The zero-order valence-electron chi connectivity index (χ0n) is 18.2. The predicted octanol–water partition coefficient (Wildman–Crippen LogP) is 3.85. The van der Waals surface area contributed by atoms with Gasteiger partial charge >= 0.3 is 6.18 Å². The minimum atomic E-state index is -4.47. The molecule has 4 rings (SSSR count). The Labute approximate surface area is 194 Å². The quantitative estimate of drug-likeness (QED) is 0.580. The second kappa shape index (κ2) is 9.05. The number of aromatic nitrogens is 1. The summed E-state index contributed by atoms with van der Waals surface area (Å²) < 4.78 is 83.5. The van der Waals surface area contributed by atoms with Gasteiger partial charge in [0.15, 0.2) is 0 Å². The maximum Gasteiger partial charge on any atom is 0.417 e. The number of sulfonamides is 1. The van der Waals surface area contributed by atoms with Crippen LogP contribution in [0.4, 0.5) is 23.4 Å². The molecule has 1 N–H and O–H groups in total. The van der Waals surface area contributed by atoms with Crippen LogP contribution in [0.25, 0.3) is 0 Å². The number of nitrogens with zero attached hydrogens (tertiary/aromatic N) is 2. The van der Waals surface area contributed by atoms with Crippen molar-refractivity contribution in [3.8, 4) is 5.75 Å². The number of ether oxygens (including phenoxy) is 1. The summed E-state index contributed by atoms with van der Waals surface area (Å²) in [7, 11) is -3.85. The third-order valence-electron chi connectivity index (χ3n) is 5.82. The molecule has 7 nitrogen and oxygen atoms in total. The van der Waals surface area contributed by atoms with Crippen LogP contribution in [-0.4, -0.2) is 44.8 Å². The van der Waals surface area contributed by atoms with E-state index in [-0.39, 0.29) is 29.9 Å². The molecule has 1 amide bonds. The Balaban J connectivity index is 1.50. The monoisotopic (exact) mass is 501 g/mol. The van der Waals surface area contributed by atoms with E-state index in [1.807, 2.05) is 4.90 Å². The van der Waals surface area contributed by atoms with Gasteiger partial charge in [0.2, 0.25) is 10.0 Å². The normalized spacial score (nSPS) is 18.7. The second-order valence-corrected chi connectivity index (χ2v) is 10.3. The van der Waals surface area contributed by atoms with E-state index in [0.717, 1.165) is 50.3 Å². The van der Waals surface area contributed by atoms with Crippen molar-refractivity contribution in [2.45, 2.75) is 43.8 Å². The first-order chi connectivity index (χ1) is 15.9. The summed E-state index contributed by atoms with van der Waals surface area (Å²) in [5.41, 5.74) is -0.582. The molecule has 184 valence electrons. The van der Waals surface area contributed by atoms with Gasteiger partial charge in [-0.3, -0.25) is 4.79 Å². The third-order valence-corrected chi connectivity index (χ3v) is 6.37. The second-order valence-electron chi connectivity index (χ2n) is 8.55. The number of anilines is 1. The van der Waals surface area contributed by atoms with Gasteiger partial charge in [-0.05, 0) is 55.4 Å². The lowest BCUT2D eigenvalue weighted by atomic mass is 10.0. The SMILES string of the molecule is CS(=O)(=O)NC(=O)c1cc(C2CC2)c(OC[C@H]2CCCN2c2ccc(C(F)(F)F)cn2)cc1F. The fourth-order valence-electron chi connectivity index (χ4n) is 4.03. The summed E-state index contributed by atoms with van der Waals surface area (Å²) in [6, 6.07) is 4.55. The summed E-state index contributed by atoms with van der Waals surface area (Å²) in [4.78, 5) is 18.0. The van der Waals surface area contributed by atoms with E-state index >= 15 is 0 Å². The van der Waals surface area contributed by atoms with E-state index in [1.54, 1.807) is 4.72 Å². The number of amides is 1. The summed E-state index contributed by atoms with van der Waals surface area (Å²) in [5.74, 6) is -1.21. The molecule has 1 atom stereocenters. The number of carbonyl (C=O) groups is 1. The molecule has 2 heterocycles. The molecule has 1 aliphatic carbocycles. The van der Waals surface area contributed by atoms with Gasteiger partial charge in [0.1, 0.15) is 24.0 Å². The standard InChI is InChI=1S/C22H23F4N3O4S/c1-34(31,32)28-21(30)17-9-16(13-4-5-13)19(10-18(17)23)33-12-15-3-2-8-29(15)20-7-6-14(11-27-20)22(24,25)26/h6-7,9-11,13,15H,2-5,8,12H2,1H3,(H,28,30)/t15-/m1/s1. The number of nitrogens with one attached hydrogen (secondary N) is 1. The summed E-state index contributed by atoms with van der Waals surface area (Å²) >= 11 is 0. The molecule has 2 fully saturated rings. The van der Waals surface area contributed by atoms with Gasteiger partial charge in [0.05, 0.1) is 23.4 Å². The van der Waals surface area contributed by atoms with E-state index in [0.29, 0.717) is 17.9 Å². The number of halogens is 4. The van der Waals surface area contributed by atoms with Crippen molar-refractivity contribution < 1.29 is 35.5 Å². The number of benzene rings is 1. The molecule has 1 aromatic carbocycles. The van der Waals surface area contributed by atoms with Crippen molar-refractivity contribution in [2.24, 2.45) is 0 Å². The molecule has 0 spiro atoms. The Morgan fingerprint density at radius 3 is 2.56 bits per heavy atom. The van der Waals surface area contributed by atoms with Gasteiger partial charge in [-0.1, -0.05) is 0 Å². The Bertz CT molecular complexity index is 1180. The van der Waals surface area contributed by atoms with E-state index in [2.05, 4.69) is 4.98 Å². The van der Waals surface area contributed by atoms with Gasteiger partial charge in [0, 0.05) is 18.8 Å². The number of pyridine rings is 1. The molecular formula is C22H23F4N3O4S. The van der Waals surface area contributed by atoms with Crippen molar-refractivity contribution in [3.05, 3.63) is 53.0 Å². The van der Waals surface area contributed by atoms with Crippen LogP contribution in [0.1, 0.15) is 53.1 Å². The molecule has 1 aromatic heterocycles. The zero-order valence-corrected chi connectivity index (χ0v) is 19.0.